The Morgan fingerprint density at radius 3 is 1.88 bits per heavy atom. The molecule has 0 aromatic heterocycles. The zero-order chi connectivity index (χ0) is 6.78. The van der Waals surface area contributed by atoms with Crippen LogP contribution in [0.5, 0.6) is 0 Å². The van der Waals surface area contributed by atoms with Gasteiger partial charge in [0.15, 0.2) is 0 Å². The number of alkyl halides is 1. The second-order valence-electron chi connectivity index (χ2n) is 2.99. The van der Waals surface area contributed by atoms with Crippen LogP contribution < -0.4 is 0 Å². The van der Waals surface area contributed by atoms with Gasteiger partial charge >= 0.3 is 0 Å². The van der Waals surface area contributed by atoms with Gasteiger partial charge in [-0.05, 0) is 5.41 Å². The molecular formula is C7H13I. The lowest BCUT2D eigenvalue weighted by Gasteiger charge is -2.19. The van der Waals surface area contributed by atoms with Crippen LogP contribution in [0, 0.1) is 5.41 Å². The largest absolute Gasteiger partial charge is 0.0986 e. The Balaban J connectivity index is 3.82. The van der Waals surface area contributed by atoms with Gasteiger partial charge in [0.2, 0.25) is 0 Å². The summed E-state index contributed by atoms with van der Waals surface area (Å²) in [6.07, 6.45) is 0. The molecule has 0 rings (SSSR count). The number of halogens is 1. The summed E-state index contributed by atoms with van der Waals surface area (Å²) in [4.78, 5) is 0. The van der Waals surface area contributed by atoms with Crippen molar-refractivity contribution in [3.63, 3.8) is 0 Å². The third kappa shape index (κ3) is 2.70. The van der Waals surface area contributed by atoms with E-state index in [0.29, 0.717) is 5.41 Å². The fourth-order valence-electron chi connectivity index (χ4n) is 0.200. The van der Waals surface area contributed by atoms with Crippen LogP contribution in [-0.2, 0) is 0 Å². The molecule has 48 valence electrons. The van der Waals surface area contributed by atoms with Gasteiger partial charge < -0.3 is 0 Å². The lowest BCUT2D eigenvalue weighted by molar-refractivity contribution is 0.510. The summed E-state index contributed by atoms with van der Waals surface area (Å²) in [5.41, 5.74) is 1.62. The van der Waals surface area contributed by atoms with E-state index in [4.69, 9.17) is 0 Å². The molecule has 0 saturated carbocycles. The van der Waals surface area contributed by atoms with Crippen LogP contribution in [-0.4, -0.2) is 4.43 Å². The van der Waals surface area contributed by atoms with Crippen LogP contribution in [0.25, 0.3) is 0 Å². The van der Waals surface area contributed by atoms with Crippen LogP contribution in [0.1, 0.15) is 20.8 Å². The first-order valence-electron chi connectivity index (χ1n) is 2.72. The van der Waals surface area contributed by atoms with Crippen LogP contribution in [0.3, 0.4) is 0 Å². The van der Waals surface area contributed by atoms with Gasteiger partial charge in [0.25, 0.3) is 0 Å². The van der Waals surface area contributed by atoms with Gasteiger partial charge in [-0.15, -0.1) is 0 Å². The van der Waals surface area contributed by atoms with E-state index in [9.17, 15) is 0 Å². The molecule has 1 heteroatoms. The highest BCUT2D eigenvalue weighted by Crippen LogP contribution is 2.24. The average molecular weight is 224 g/mol. The van der Waals surface area contributed by atoms with Crippen molar-refractivity contribution >= 4 is 22.6 Å². The molecule has 0 nitrogen and oxygen atoms in total. The Morgan fingerprint density at radius 1 is 1.50 bits per heavy atom. The fourth-order valence-corrected chi connectivity index (χ4v) is 1.34. The van der Waals surface area contributed by atoms with E-state index in [1.54, 1.807) is 0 Å². The topological polar surface area (TPSA) is 0 Å². The summed E-state index contributed by atoms with van der Waals surface area (Å²) >= 11 is 2.34. The predicted octanol–water partition coefficient (Wildman–Crippen LogP) is 3.02. The monoisotopic (exact) mass is 224 g/mol. The summed E-state index contributed by atoms with van der Waals surface area (Å²) in [5, 5.41) is 0. The average Bonchev–Trinajstić information content (AvgIpc) is 1.62. The van der Waals surface area contributed by atoms with Gasteiger partial charge in [0, 0.05) is 4.43 Å². The minimum atomic E-state index is 0.307. The predicted molar refractivity (Wildman–Crippen MR) is 47.5 cm³/mol. The maximum absolute atomic E-state index is 3.94. The molecule has 0 atom stereocenters. The van der Waals surface area contributed by atoms with Crippen molar-refractivity contribution in [1.29, 1.82) is 0 Å². The summed E-state index contributed by atoms with van der Waals surface area (Å²) < 4.78 is 1.07. The van der Waals surface area contributed by atoms with Gasteiger partial charge in [0.1, 0.15) is 0 Å². The molecule has 8 heavy (non-hydrogen) atoms. The molecule has 0 bridgehead atoms. The van der Waals surface area contributed by atoms with Crippen molar-refractivity contribution in [2.45, 2.75) is 20.8 Å². The van der Waals surface area contributed by atoms with Crippen LogP contribution in [0.15, 0.2) is 12.2 Å². The summed E-state index contributed by atoms with van der Waals surface area (Å²) in [7, 11) is 0. The van der Waals surface area contributed by atoms with Gasteiger partial charge in [-0.1, -0.05) is 55.5 Å². The highest BCUT2D eigenvalue weighted by molar-refractivity contribution is 14.1. The maximum atomic E-state index is 3.94. The first-order chi connectivity index (χ1) is 3.48. The molecular weight excluding hydrogens is 211 g/mol. The fraction of sp³-hybridized carbons (Fsp3) is 0.714. The first kappa shape index (κ1) is 8.47. The highest BCUT2D eigenvalue weighted by Gasteiger charge is 2.12. The molecule has 0 aromatic carbocycles. The minimum Gasteiger partial charge on any atom is -0.0986 e. The molecule has 0 saturated heterocycles. The number of hydrogen-bond acceptors (Lipinski definition) is 0. The number of allylic oxidation sites excluding steroid dienone is 1. The molecule has 0 aliphatic rings. The Bertz CT molecular complexity index is 87.1. The lowest BCUT2D eigenvalue weighted by Crippen LogP contribution is -2.08. The van der Waals surface area contributed by atoms with E-state index in [1.165, 1.54) is 5.57 Å². The smallest absolute Gasteiger partial charge is 0.0208 e. The highest BCUT2D eigenvalue weighted by atomic mass is 127. The Morgan fingerprint density at radius 2 is 1.88 bits per heavy atom. The van der Waals surface area contributed by atoms with E-state index in [-0.39, 0.29) is 0 Å². The van der Waals surface area contributed by atoms with Gasteiger partial charge in [-0.3, -0.25) is 0 Å². The molecule has 0 aromatic rings. The van der Waals surface area contributed by atoms with Crippen LogP contribution in [0.2, 0.25) is 0 Å². The lowest BCUT2D eigenvalue weighted by atomic mass is 9.89. The van der Waals surface area contributed by atoms with Crippen LogP contribution in [0.4, 0.5) is 0 Å². The summed E-state index contributed by atoms with van der Waals surface area (Å²) in [6.45, 7) is 10.5. The quantitative estimate of drug-likeness (QED) is 0.365. The minimum absolute atomic E-state index is 0.307. The molecule has 0 fully saturated rings. The summed E-state index contributed by atoms with van der Waals surface area (Å²) in [5.74, 6) is 0. The Kier molecular flexibility index (Phi) is 3.02. The van der Waals surface area contributed by atoms with Gasteiger partial charge in [0.05, 0.1) is 0 Å². The SMILES string of the molecule is C=C(CI)C(C)(C)C. The standard InChI is InChI=1S/C7H13I/c1-6(5-8)7(2,3)4/h1,5H2,2-4H3. The molecule has 0 aliphatic carbocycles. The van der Waals surface area contributed by atoms with E-state index < -0.39 is 0 Å². The van der Waals surface area contributed by atoms with E-state index in [2.05, 4.69) is 49.9 Å². The second-order valence-corrected chi connectivity index (χ2v) is 3.75. The van der Waals surface area contributed by atoms with Crippen molar-refractivity contribution in [3.05, 3.63) is 12.2 Å². The molecule has 0 aliphatic heterocycles. The first-order valence-corrected chi connectivity index (χ1v) is 4.25. The van der Waals surface area contributed by atoms with Crippen molar-refractivity contribution in [1.82, 2.24) is 0 Å². The van der Waals surface area contributed by atoms with Gasteiger partial charge in [-0.25, -0.2) is 0 Å². The zero-order valence-electron chi connectivity index (χ0n) is 5.79. The maximum Gasteiger partial charge on any atom is 0.0208 e. The molecule has 0 N–H and O–H groups in total. The number of rotatable bonds is 1. The molecule has 0 spiro atoms. The van der Waals surface area contributed by atoms with Crippen molar-refractivity contribution < 1.29 is 0 Å². The van der Waals surface area contributed by atoms with E-state index >= 15 is 0 Å². The van der Waals surface area contributed by atoms with Crippen molar-refractivity contribution in [3.8, 4) is 0 Å². The van der Waals surface area contributed by atoms with Crippen molar-refractivity contribution in [2.24, 2.45) is 5.41 Å². The summed E-state index contributed by atoms with van der Waals surface area (Å²) in [6, 6.07) is 0. The molecule has 0 radical (unpaired) electrons. The Hall–Kier alpha value is 0.470. The molecule has 0 unspecified atom stereocenters. The van der Waals surface area contributed by atoms with Crippen LogP contribution >= 0.6 is 22.6 Å². The number of hydrogen-bond donors (Lipinski definition) is 0. The third-order valence-corrected chi connectivity index (χ3v) is 2.14. The molecule has 0 amide bonds. The van der Waals surface area contributed by atoms with Crippen molar-refractivity contribution in [2.75, 3.05) is 4.43 Å². The second kappa shape index (κ2) is 2.85. The van der Waals surface area contributed by atoms with E-state index in [1.807, 2.05) is 0 Å². The van der Waals surface area contributed by atoms with Gasteiger partial charge in [-0.2, -0.15) is 0 Å². The zero-order valence-corrected chi connectivity index (χ0v) is 7.95. The Labute approximate surface area is 65.5 Å². The third-order valence-electron chi connectivity index (χ3n) is 1.22. The van der Waals surface area contributed by atoms with E-state index in [0.717, 1.165) is 4.43 Å². The molecule has 0 heterocycles. The normalized spacial score (nSPS) is 11.5.